The van der Waals surface area contributed by atoms with Crippen LogP contribution < -0.4 is 9.80 Å². The Labute approximate surface area is 140 Å². The maximum atomic E-state index is 5.34. The van der Waals surface area contributed by atoms with Crippen molar-refractivity contribution in [1.29, 1.82) is 0 Å². The number of furan rings is 1. The first-order valence-electron chi connectivity index (χ1n) is 7.97. The molecule has 0 N–H and O–H groups in total. The van der Waals surface area contributed by atoms with Crippen LogP contribution in [0.3, 0.4) is 0 Å². The maximum absolute atomic E-state index is 5.34. The Morgan fingerprint density at radius 3 is 2.33 bits per heavy atom. The van der Waals surface area contributed by atoms with Crippen LogP contribution in [0.1, 0.15) is 5.82 Å². The summed E-state index contributed by atoms with van der Waals surface area (Å²) in [5.41, 5.74) is 0.749. The van der Waals surface area contributed by atoms with Gasteiger partial charge in [0.2, 0.25) is 0 Å². The zero-order valence-electron chi connectivity index (χ0n) is 13.5. The summed E-state index contributed by atoms with van der Waals surface area (Å²) in [4.78, 5) is 13.2. The molecule has 0 spiro atoms. The largest absolute Gasteiger partial charge is 0.463 e. The van der Waals surface area contributed by atoms with E-state index in [9.17, 15) is 0 Å². The van der Waals surface area contributed by atoms with E-state index in [-0.39, 0.29) is 0 Å². The summed E-state index contributed by atoms with van der Waals surface area (Å²) in [6.45, 7) is 5.49. The fourth-order valence-corrected chi connectivity index (χ4v) is 2.83. The molecule has 3 aromatic rings. The third kappa shape index (κ3) is 2.92. The zero-order chi connectivity index (χ0) is 16.4. The molecule has 122 valence electrons. The summed E-state index contributed by atoms with van der Waals surface area (Å²) >= 11 is 0. The highest BCUT2D eigenvalue weighted by Crippen LogP contribution is 2.20. The Bertz CT molecular complexity index is 794. The van der Waals surface area contributed by atoms with Gasteiger partial charge in [0.1, 0.15) is 17.3 Å². The van der Waals surface area contributed by atoms with E-state index in [1.54, 1.807) is 6.26 Å². The second kappa shape index (κ2) is 6.27. The van der Waals surface area contributed by atoms with Crippen LogP contribution in [0.5, 0.6) is 0 Å². The molecule has 7 heteroatoms. The van der Waals surface area contributed by atoms with Gasteiger partial charge < -0.3 is 14.2 Å². The van der Waals surface area contributed by atoms with E-state index in [1.165, 1.54) is 0 Å². The van der Waals surface area contributed by atoms with Crippen LogP contribution in [-0.2, 0) is 0 Å². The summed E-state index contributed by atoms with van der Waals surface area (Å²) in [6, 6.07) is 9.63. The quantitative estimate of drug-likeness (QED) is 0.731. The Balaban J connectivity index is 1.42. The lowest BCUT2D eigenvalue weighted by molar-refractivity contribution is 0.578. The molecule has 3 aromatic heterocycles. The van der Waals surface area contributed by atoms with Gasteiger partial charge in [0, 0.05) is 32.4 Å². The van der Waals surface area contributed by atoms with Gasteiger partial charge in [-0.05, 0) is 37.3 Å². The van der Waals surface area contributed by atoms with E-state index in [1.807, 2.05) is 43.5 Å². The molecule has 1 aliphatic heterocycles. The van der Waals surface area contributed by atoms with Gasteiger partial charge >= 0.3 is 0 Å². The number of hydrogen-bond donors (Lipinski definition) is 0. The number of nitrogens with zero attached hydrogens (tertiary/aromatic N) is 6. The monoisotopic (exact) mass is 322 g/mol. The van der Waals surface area contributed by atoms with Crippen LogP contribution in [0, 0.1) is 6.92 Å². The van der Waals surface area contributed by atoms with Crippen LogP contribution >= 0.6 is 0 Å². The molecule has 24 heavy (non-hydrogen) atoms. The lowest BCUT2D eigenvalue weighted by Crippen LogP contribution is -2.47. The summed E-state index contributed by atoms with van der Waals surface area (Å²) in [5.74, 6) is 3.41. The molecule has 1 saturated heterocycles. The maximum Gasteiger partial charge on any atom is 0.154 e. The van der Waals surface area contributed by atoms with Gasteiger partial charge in [0.25, 0.3) is 0 Å². The first-order chi connectivity index (χ1) is 11.8. The average Bonchev–Trinajstić information content (AvgIpc) is 3.17. The van der Waals surface area contributed by atoms with Gasteiger partial charge in [-0.15, -0.1) is 10.2 Å². The van der Waals surface area contributed by atoms with Crippen molar-refractivity contribution in [1.82, 2.24) is 20.2 Å². The van der Waals surface area contributed by atoms with Gasteiger partial charge in [0.05, 0.1) is 6.26 Å². The van der Waals surface area contributed by atoms with Crippen molar-refractivity contribution in [2.75, 3.05) is 36.0 Å². The minimum Gasteiger partial charge on any atom is -0.463 e. The number of anilines is 2. The Hall–Kier alpha value is -2.96. The topological polar surface area (TPSA) is 71.2 Å². The van der Waals surface area contributed by atoms with Gasteiger partial charge in [-0.25, -0.2) is 9.97 Å². The summed E-state index contributed by atoms with van der Waals surface area (Å²) < 4.78 is 5.34. The Morgan fingerprint density at radius 1 is 0.917 bits per heavy atom. The normalized spacial score (nSPS) is 14.9. The fourth-order valence-electron chi connectivity index (χ4n) is 2.83. The Morgan fingerprint density at radius 2 is 1.71 bits per heavy atom. The van der Waals surface area contributed by atoms with Crippen LogP contribution in [0.25, 0.3) is 11.5 Å². The van der Waals surface area contributed by atoms with Gasteiger partial charge in [-0.1, -0.05) is 0 Å². The van der Waals surface area contributed by atoms with Crippen molar-refractivity contribution in [2.45, 2.75) is 6.92 Å². The van der Waals surface area contributed by atoms with E-state index in [4.69, 9.17) is 4.42 Å². The van der Waals surface area contributed by atoms with Crippen molar-refractivity contribution in [2.24, 2.45) is 0 Å². The molecule has 7 nitrogen and oxygen atoms in total. The molecule has 0 atom stereocenters. The number of aromatic nitrogens is 4. The first-order valence-corrected chi connectivity index (χ1v) is 7.97. The highest BCUT2D eigenvalue weighted by atomic mass is 16.3. The van der Waals surface area contributed by atoms with Crippen molar-refractivity contribution < 1.29 is 4.42 Å². The van der Waals surface area contributed by atoms with Crippen LogP contribution in [0.15, 0.2) is 47.2 Å². The van der Waals surface area contributed by atoms with E-state index in [2.05, 4.69) is 30.0 Å². The number of hydrogen-bond acceptors (Lipinski definition) is 7. The first kappa shape index (κ1) is 14.6. The predicted octanol–water partition coefficient (Wildman–Crippen LogP) is 2.16. The van der Waals surface area contributed by atoms with Crippen molar-refractivity contribution in [3.8, 4) is 11.5 Å². The fraction of sp³-hybridized carbons (Fsp3) is 0.294. The molecule has 0 saturated carbocycles. The lowest BCUT2D eigenvalue weighted by atomic mass is 10.3. The molecule has 4 heterocycles. The zero-order valence-corrected chi connectivity index (χ0v) is 13.5. The van der Waals surface area contributed by atoms with E-state index < -0.39 is 0 Å². The van der Waals surface area contributed by atoms with E-state index >= 15 is 0 Å². The minimum atomic E-state index is 0.734. The molecule has 0 aromatic carbocycles. The SMILES string of the molecule is Cc1nccc(N2CCN(c3ccc(-c4ccco4)nn3)CC2)n1. The molecule has 1 fully saturated rings. The molecule has 0 unspecified atom stereocenters. The number of piperazine rings is 1. The van der Waals surface area contributed by atoms with Crippen molar-refractivity contribution in [3.05, 3.63) is 48.6 Å². The van der Waals surface area contributed by atoms with E-state index in [0.29, 0.717) is 0 Å². The molecular formula is C17H18N6O. The molecule has 4 rings (SSSR count). The Kier molecular flexibility index (Phi) is 3.82. The predicted molar refractivity (Wildman–Crippen MR) is 90.9 cm³/mol. The molecule has 1 aliphatic rings. The van der Waals surface area contributed by atoms with Gasteiger partial charge in [-0.3, -0.25) is 0 Å². The van der Waals surface area contributed by atoms with Crippen LogP contribution in [0.4, 0.5) is 11.6 Å². The summed E-state index contributed by atoms with van der Waals surface area (Å²) in [7, 11) is 0. The second-order valence-corrected chi connectivity index (χ2v) is 5.69. The summed E-state index contributed by atoms with van der Waals surface area (Å²) in [6.07, 6.45) is 3.45. The van der Waals surface area contributed by atoms with Crippen molar-refractivity contribution in [3.63, 3.8) is 0 Å². The molecule has 0 bridgehead atoms. The standard InChI is InChI=1S/C17H18N6O/c1-13-18-7-6-16(19-13)22-8-10-23(11-9-22)17-5-4-14(20-21-17)15-3-2-12-24-15/h2-7,12H,8-11H2,1H3. The van der Waals surface area contributed by atoms with Gasteiger partial charge in [0.15, 0.2) is 11.6 Å². The second-order valence-electron chi connectivity index (χ2n) is 5.69. The third-order valence-corrected chi connectivity index (χ3v) is 4.11. The summed E-state index contributed by atoms with van der Waals surface area (Å²) in [5, 5.41) is 8.61. The van der Waals surface area contributed by atoms with Gasteiger partial charge in [-0.2, -0.15) is 0 Å². The highest BCUT2D eigenvalue weighted by Gasteiger charge is 2.19. The highest BCUT2D eigenvalue weighted by molar-refractivity contribution is 5.53. The molecule has 0 radical (unpaired) electrons. The number of aryl methyl sites for hydroxylation is 1. The minimum absolute atomic E-state index is 0.734. The average molecular weight is 322 g/mol. The lowest BCUT2D eigenvalue weighted by Gasteiger charge is -2.35. The molecule has 0 aliphatic carbocycles. The van der Waals surface area contributed by atoms with Crippen molar-refractivity contribution >= 4 is 11.6 Å². The van der Waals surface area contributed by atoms with Crippen LogP contribution in [0.2, 0.25) is 0 Å². The van der Waals surface area contributed by atoms with Crippen LogP contribution in [-0.4, -0.2) is 46.3 Å². The molecular weight excluding hydrogens is 304 g/mol. The van der Waals surface area contributed by atoms with E-state index in [0.717, 1.165) is 55.1 Å². The number of rotatable bonds is 3. The smallest absolute Gasteiger partial charge is 0.154 e. The third-order valence-electron chi connectivity index (χ3n) is 4.11. The molecule has 0 amide bonds.